The Kier molecular flexibility index (Phi) is 4.61. The predicted molar refractivity (Wildman–Crippen MR) is 74.2 cm³/mol. The zero-order valence-electron chi connectivity index (χ0n) is 11.9. The first-order valence-electron chi connectivity index (χ1n) is 6.82. The SMILES string of the molecule is C[C@H](CNC(=O)c1cccn1C)N1CCOC[C@@H]1C. The molecule has 1 saturated heterocycles. The number of rotatable bonds is 4. The average Bonchev–Trinajstić information content (AvgIpc) is 2.82. The molecule has 19 heavy (non-hydrogen) atoms. The quantitative estimate of drug-likeness (QED) is 0.878. The van der Waals surface area contributed by atoms with Gasteiger partial charge in [-0.05, 0) is 26.0 Å². The van der Waals surface area contributed by atoms with Crippen molar-refractivity contribution in [2.24, 2.45) is 7.05 Å². The highest BCUT2D eigenvalue weighted by Crippen LogP contribution is 2.10. The van der Waals surface area contributed by atoms with E-state index in [2.05, 4.69) is 24.1 Å². The molecule has 106 valence electrons. The zero-order chi connectivity index (χ0) is 13.8. The third-order valence-corrected chi connectivity index (χ3v) is 3.72. The highest BCUT2D eigenvalue weighted by molar-refractivity contribution is 5.92. The normalized spacial score (nSPS) is 22.2. The lowest BCUT2D eigenvalue weighted by molar-refractivity contribution is -0.0178. The van der Waals surface area contributed by atoms with E-state index in [1.54, 1.807) is 0 Å². The lowest BCUT2D eigenvalue weighted by Gasteiger charge is -2.37. The second-order valence-electron chi connectivity index (χ2n) is 5.23. The summed E-state index contributed by atoms with van der Waals surface area (Å²) in [7, 11) is 1.88. The maximum absolute atomic E-state index is 12.0. The van der Waals surface area contributed by atoms with Crippen LogP contribution in [0.5, 0.6) is 0 Å². The Hall–Kier alpha value is -1.33. The largest absolute Gasteiger partial charge is 0.379 e. The fourth-order valence-corrected chi connectivity index (χ4v) is 2.54. The Labute approximate surface area is 114 Å². The molecule has 1 amide bonds. The summed E-state index contributed by atoms with van der Waals surface area (Å²) in [6, 6.07) is 4.44. The van der Waals surface area contributed by atoms with Crippen LogP contribution in [0.3, 0.4) is 0 Å². The van der Waals surface area contributed by atoms with E-state index < -0.39 is 0 Å². The van der Waals surface area contributed by atoms with E-state index in [-0.39, 0.29) is 5.91 Å². The number of aryl methyl sites for hydroxylation is 1. The monoisotopic (exact) mass is 265 g/mol. The molecule has 0 radical (unpaired) electrons. The minimum absolute atomic E-state index is 0.0136. The van der Waals surface area contributed by atoms with Crippen LogP contribution >= 0.6 is 0 Å². The standard InChI is InChI=1S/C14H23N3O2/c1-11(17-7-8-19-10-12(17)2)9-15-14(18)13-5-4-6-16(13)3/h4-6,11-12H,7-10H2,1-3H3,(H,15,18)/t11-,12+/m1/s1. The number of nitrogens with zero attached hydrogens (tertiary/aromatic N) is 2. The molecule has 5 heteroatoms. The summed E-state index contributed by atoms with van der Waals surface area (Å²) in [6.45, 7) is 7.45. The van der Waals surface area contributed by atoms with Crippen molar-refractivity contribution in [3.8, 4) is 0 Å². The van der Waals surface area contributed by atoms with Crippen LogP contribution in [0.25, 0.3) is 0 Å². The van der Waals surface area contributed by atoms with Crippen LogP contribution in [0.2, 0.25) is 0 Å². The number of morpholine rings is 1. The molecular formula is C14H23N3O2. The van der Waals surface area contributed by atoms with Crippen LogP contribution in [0.1, 0.15) is 24.3 Å². The van der Waals surface area contributed by atoms with Gasteiger partial charge in [-0.2, -0.15) is 0 Å². The fraction of sp³-hybridized carbons (Fsp3) is 0.643. The molecule has 1 aliphatic heterocycles. The number of ether oxygens (including phenoxy) is 1. The van der Waals surface area contributed by atoms with Crippen LogP contribution in [0.4, 0.5) is 0 Å². The summed E-state index contributed by atoms with van der Waals surface area (Å²) < 4.78 is 7.26. The summed E-state index contributed by atoms with van der Waals surface area (Å²) >= 11 is 0. The third-order valence-electron chi connectivity index (χ3n) is 3.72. The molecule has 1 aromatic heterocycles. The van der Waals surface area contributed by atoms with Crippen LogP contribution in [0.15, 0.2) is 18.3 Å². The number of carbonyl (C=O) groups is 1. The molecule has 1 N–H and O–H groups in total. The van der Waals surface area contributed by atoms with Crippen molar-refractivity contribution >= 4 is 5.91 Å². The van der Waals surface area contributed by atoms with Crippen molar-refractivity contribution in [1.29, 1.82) is 0 Å². The van der Waals surface area contributed by atoms with E-state index in [9.17, 15) is 4.79 Å². The molecule has 0 spiro atoms. The lowest BCUT2D eigenvalue weighted by Crippen LogP contribution is -2.52. The number of carbonyl (C=O) groups excluding carboxylic acids is 1. The summed E-state index contributed by atoms with van der Waals surface area (Å²) in [4.78, 5) is 14.4. The number of nitrogens with one attached hydrogen (secondary N) is 1. The topological polar surface area (TPSA) is 46.5 Å². The predicted octanol–water partition coefficient (Wildman–Crippen LogP) is 0.864. The molecule has 0 aromatic carbocycles. The van der Waals surface area contributed by atoms with Crippen LogP contribution in [-0.4, -0.2) is 53.8 Å². The van der Waals surface area contributed by atoms with Gasteiger partial charge in [0.1, 0.15) is 5.69 Å². The Morgan fingerprint density at radius 2 is 2.42 bits per heavy atom. The Balaban J connectivity index is 1.84. The molecule has 0 saturated carbocycles. The fourth-order valence-electron chi connectivity index (χ4n) is 2.54. The van der Waals surface area contributed by atoms with E-state index in [1.165, 1.54) is 0 Å². The van der Waals surface area contributed by atoms with E-state index in [1.807, 2.05) is 29.9 Å². The number of amides is 1. The summed E-state index contributed by atoms with van der Waals surface area (Å²) in [5.74, 6) is -0.0136. The number of hydrogen-bond acceptors (Lipinski definition) is 3. The van der Waals surface area contributed by atoms with Crippen LogP contribution < -0.4 is 5.32 Å². The smallest absolute Gasteiger partial charge is 0.267 e. The maximum Gasteiger partial charge on any atom is 0.267 e. The Morgan fingerprint density at radius 3 is 3.05 bits per heavy atom. The lowest BCUT2D eigenvalue weighted by atomic mass is 10.2. The van der Waals surface area contributed by atoms with Crippen LogP contribution in [0, 0.1) is 0 Å². The van der Waals surface area contributed by atoms with Gasteiger partial charge in [0.15, 0.2) is 0 Å². The average molecular weight is 265 g/mol. The minimum Gasteiger partial charge on any atom is -0.379 e. The molecule has 0 bridgehead atoms. The van der Waals surface area contributed by atoms with Gasteiger partial charge in [0.2, 0.25) is 0 Å². The van der Waals surface area contributed by atoms with Gasteiger partial charge in [-0.25, -0.2) is 0 Å². The van der Waals surface area contributed by atoms with Crippen molar-refractivity contribution in [1.82, 2.24) is 14.8 Å². The first-order valence-corrected chi connectivity index (χ1v) is 6.82. The molecule has 1 aromatic rings. The van der Waals surface area contributed by atoms with Gasteiger partial charge in [-0.15, -0.1) is 0 Å². The van der Waals surface area contributed by atoms with E-state index in [4.69, 9.17) is 4.74 Å². The van der Waals surface area contributed by atoms with Crippen molar-refractivity contribution in [2.75, 3.05) is 26.3 Å². The molecular weight excluding hydrogens is 242 g/mol. The van der Waals surface area contributed by atoms with Crippen molar-refractivity contribution < 1.29 is 9.53 Å². The molecule has 2 heterocycles. The van der Waals surface area contributed by atoms with E-state index in [0.717, 1.165) is 19.8 Å². The first kappa shape index (κ1) is 14.1. The van der Waals surface area contributed by atoms with E-state index >= 15 is 0 Å². The van der Waals surface area contributed by atoms with Crippen molar-refractivity contribution in [2.45, 2.75) is 25.9 Å². The highest BCUT2D eigenvalue weighted by atomic mass is 16.5. The number of hydrogen-bond donors (Lipinski definition) is 1. The van der Waals surface area contributed by atoms with Gasteiger partial charge in [0, 0.05) is 38.4 Å². The highest BCUT2D eigenvalue weighted by Gasteiger charge is 2.24. The third kappa shape index (κ3) is 3.36. The second kappa shape index (κ2) is 6.21. The van der Waals surface area contributed by atoms with Gasteiger partial charge in [-0.3, -0.25) is 9.69 Å². The van der Waals surface area contributed by atoms with Gasteiger partial charge in [-0.1, -0.05) is 0 Å². The molecule has 0 aliphatic carbocycles. The molecule has 5 nitrogen and oxygen atoms in total. The van der Waals surface area contributed by atoms with Gasteiger partial charge >= 0.3 is 0 Å². The summed E-state index contributed by atoms with van der Waals surface area (Å²) in [6.07, 6.45) is 1.88. The van der Waals surface area contributed by atoms with E-state index in [0.29, 0.717) is 24.3 Å². The first-order chi connectivity index (χ1) is 9.09. The molecule has 1 fully saturated rings. The molecule has 2 rings (SSSR count). The molecule has 1 aliphatic rings. The summed E-state index contributed by atoms with van der Waals surface area (Å²) in [5.41, 5.74) is 0.697. The summed E-state index contributed by atoms with van der Waals surface area (Å²) in [5, 5.41) is 3.00. The van der Waals surface area contributed by atoms with Crippen molar-refractivity contribution in [3.63, 3.8) is 0 Å². The zero-order valence-corrected chi connectivity index (χ0v) is 11.9. The number of aromatic nitrogens is 1. The maximum atomic E-state index is 12.0. The van der Waals surface area contributed by atoms with Gasteiger partial charge < -0.3 is 14.6 Å². The van der Waals surface area contributed by atoms with Gasteiger partial charge in [0.05, 0.1) is 13.2 Å². The molecule has 0 unspecified atom stereocenters. The Morgan fingerprint density at radius 1 is 1.63 bits per heavy atom. The second-order valence-corrected chi connectivity index (χ2v) is 5.23. The Bertz CT molecular complexity index is 430. The van der Waals surface area contributed by atoms with Crippen molar-refractivity contribution in [3.05, 3.63) is 24.0 Å². The van der Waals surface area contributed by atoms with Gasteiger partial charge in [0.25, 0.3) is 5.91 Å². The molecule has 2 atom stereocenters. The minimum atomic E-state index is -0.0136. The van der Waals surface area contributed by atoms with Crippen LogP contribution in [-0.2, 0) is 11.8 Å².